The van der Waals surface area contributed by atoms with E-state index in [9.17, 15) is 4.79 Å². The number of nitrogens with one attached hydrogen (secondary N) is 1. The minimum atomic E-state index is 0.123. The number of ether oxygens (including phenoxy) is 2. The molecule has 22 heavy (non-hydrogen) atoms. The van der Waals surface area contributed by atoms with Crippen LogP contribution in [0.15, 0.2) is 46.9 Å². The second kappa shape index (κ2) is 6.83. The number of hydrogen-bond acceptors (Lipinski definition) is 4. The Morgan fingerprint density at radius 3 is 2.55 bits per heavy atom. The van der Waals surface area contributed by atoms with Crippen LogP contribution in [0.25, 0.3) is 0 Å². The Morgan fingerprint density at radius 1 is 1.05 bits per heavy atom. The Kier molecular flexibility index (Phi) is 4.63. The van der Waals surface area contributed by atoms with E-state index >= 15 is 0 Å². The van der Waals surface area contributed by atoms with Gasteiger partial charge in [0, 0.05) is 34.8 Å². The van der Waals surface area contributed by atoms with Crippen LogP contribution in [0.2, 0.25) is 0 Å². The third-order valence-corrected chi connectivity index (χ3v) is 3.92. The number of ketones is 1. The fourth-order valence-electron chi connectivity index (χ4n) is 2.25. The van der Waals surface area contributed by atoms with E-state index in [1.165, 1.54) is 0 Å². The van der Waals surface area contributed by atoms with Gasteiger partial charge in [0.15, 0.2) is 17.3 Å². The van der Waals surface area contributed by atoms with Gasteiger partial charge in [0.05, 0.1) is 0 Å². The summed E-state index contributed by atoms with van der Waals surface area (Å²) < 4.78 is 12.0. The van der Waals surface area contributed by atoms with E-state index in [4.69, 9.17) is 9.47 Å². The molecule has 2 aromatic rings. The molecule has 0 aliphatic carbocycles. The molecule has 5 heteroatoms. The van der Waals surface area contributed by atoms with Crippen LogP contribution in [0.3, 0.4) is 0 Å². The number of halogens is 1. The van der Waals surface area contributed by atoms with Crippen LogP contribution in [0.5, 0.6) is 11.5 Å². The van der Waals surface area contributed by atoms with E-state index in [2.05, 4.69) is 21.2 Å². The van der Waals surface area contributed by atoms with Gasteiger partial charge < -0.3 is 14.8 Å². The largest absolute Gasteiger partial charge is 0.486 e. The van der Waals surface area contributed by atoms with Gasteiger partial charge in [0.25, 0.3) is 0 Å². The molecular formula is C17H16BrNO3. The minimum absolute atomic E-state index is 0.123. The molecule has 0 bridgehead atoms. The van der Waals surface area contributed by atoms with Gasteiger partial charge in [-0.25, -0.2) is 0 Å². The lowest BCUT2D eigenvalue weighted by atomic mass is 10.1. The van der Waals surface area contributed by atoms with E-state index < -0.39 is 0 Å². The maximum absolute atomic E-state index is 12.1. The lowest BCUT2D eigenvalue weighted by Gasteiger charge is -2.19. The summed E-state index contributed by atoms with van der Waals surface area (Å²) in [6, 6.07) is 13.1. The fourth-order valence-corrected chi connectivity index (χ4v) is 2.52. The lowest BCUT2D eigenvalue weighted by Crippen LogP contribution is -2.15. The van der Waals surface area contributed by atoms with E-state index in [1.54, 1.807) is 0 Å². The Hall–Kier alpha value is -2.01. The topological polar surface area (TPSA) is 47.6 Å². The van der Waals surface area contributed by atoms with Crippen LogP contribution in [-0.4, -0.2) is 25.5 Å². The zero-order chi connectivity index (χ0) is 15.4. The molecule has 2 aromatic carbocycles. The van der Waals surface area contributed by atoms with Crippen molar-refractivity contribution < 1.29 is 14.3 Å². The highest BCUT2D eigenvalue weighted by atomic mass is 79.9. The number of carbonyl (C=O) groups excluding carboxylic acids is 1. The molecule has 0 unspecified atom stereocenters. The summed E-state index contributed by atoms with van der Waals surface area (Å²) in [4.78, 5) is 12.1. The molecule has 1 aliphatic heterocycles. The average molecular weight is 362 g/mol. The van der Waals surface area contributed by atoms with Crippen LogP contribution in [0.1, 0.15) is 16.8 Å². The van der Waals surface area contributed by atoms with Gasteiger partial charge in [-0.2, -0.15) is 0 Å². The van der Waals surface area contributed by atoms with Crippen molar-refractivity contribution in [3.8, 4) is 11.5 Å². The van der Waals surface area contributed by atoms with Gasteiger partial charge in [-0.15, -0.1) is 0 Å². The highest BCUT2D eigenvalue weighted by molar-refractivity contribution is 9.10. The molecule has 1 N–H and O–H groups in total. The average Bonchev–Trinajstić information content (AvgIpc) is 2.55. The molecule has 1 heterocycles. The summed E-state index contributed by atoms with van der Waals surface area (Å²) in [5.74, 6) is 1.63. The molecule has 114 valence electrons. The SMILES string of the molecule is O=C(CCNc1ccc2c(c1)OCCO2)c1ccc(Br)cc1. The molecule has 0 saturated carbocycles. The van der Waals surface area contributed by atoms with E-state index in [0.717, 1.165) is 27.2 Å². The first-order chi connectivity index (χ1) is 10.7. The van der Waals surface area contributed by atoms with Gasteiger partial charge >= 0.3 is 0 Å². The molecule has 0 fully saturated rings. The molecule has 0 amide bonds. The van der Waals surface area contributed by atoms with Crippen molar-refractivity contribution >= 4 is 27.4 Å². The molecule has 0 spiro atoms. The second-order valence-electron chi connectivity index (χ2n) is 4.97. The first-order valence-electron chi connectivity index (χ1n) is 7.15. The van der Waals surface area contributed by atoms with Gasteiger partial charge in [0.1, 0.15) is 13.2 Å². The number of carbonyl (C=O) groups is 1. The van der Waals surface area contributed by atoms with Crippen molar-refractivity contribution in [1.29, 1.82) is 0 Å². The molecule has 0 aromatic heterocycles. The van der Waals surface area contributed by atoms with Crippen molar-refractivity contribution in [1.82, 2.24) is 0 Å². The third kappa shape index (κ3) is 3.60. The predicted octanol–water partition coefficient (Wildman–Crippen LogP) is 3.91. The first-order valence-corrected chi connectivity index (χ1v) is 7.94. The molecule has 1 aliphatic rings. The number of fused-ring (bicyclic) bond motifs is 1. The van der Waals surface area contributed by atoms with Crippen LogP contribution < -0.4 is 14.8 Å². The highest BCUT2D eigenvalue weighted by Gasteiger charge is 2.11. The summed E-state index contributed by atoms with van der Waals surface area (Å²) in [6.07, 6.45) is 0.441. The standard InChI is InChI=1S/C17H16BrNO3/c18-13-3-1-12(2-4-13)15(20)7-8-19-14-5-6-16-17(11-14)22-10-9-21-16/h1-6,11,19H,7-10H2. The summed E-state index contributed by atoms with van der Waals surface area (Å²) in [5.41, 5.74) is 1.65. The second-order valence-corrected chi connectivity index (χ2v) is 5.88. The van der Waals surface area contributed by atoms with Crippen molar-refractivity contribution in [3.05, 3.63) is 52.5 Å². The smallest absolute Gasteiger partial charge is 0.164 e. The first kappa shape index (κ1) is 14.9. The normalized spacial score (nSPS) is 12.8. The molecule has 4 nitrogen and oxygen atoms in total. The van der Waals surface area contributed by atoms with Gasteiger partial charge in [-0.3, -0.25) is 4.79 Å². The van der Waals surface area contributed by atoms with Crippen LogP contribution >= 0.6 is 15.9 Å². The van der Waals surface area contributed by atoms with Crippen molar-refractivity contribution in [2.24, 2.45) is 0 Å². The number of anilines is 1. The predicted molar refractivity (Wildman–Crippen MR) is 89.0 cm³/mol. The lowest BCUT2D eigenvalue weighted by molar-refractivity contribution is 0.0986. The number of rotatable bonds is 5. The van der Waals surface area contributed by atoms with E-state index in [1.807, 2.05) is 42.5 Å². The molecule has 0 saturated heterocycles. The van der Waals surface area contributed by atoms with Gasteiger partial charge in [0.2, 0.25) is 0 Å². The van der Waals surface area contributed by atoms with Crippen LogP contribution in [0, 0.1) is 0 Å². The van der Waals surface area contributed by atoms with Crippen molar-refractivity contribution in [3.63, 3.8) is 0 Å². The summed E-state index contributed by atoms with van der Waals surface area (Å²) in [5, 5.41) is 3.24. The molecule has 0 atom stereocenters. The van der Waals surface area contributed by atoms with E-state index in [0.29, 0.717) is 26.2 Å². The van der Waals surface area contributed by atoms with Crippen LogP contribution in [-0.2, 0) is 0 Å². The van der Waals surface area contributed by atoms with Gasteiger partial charge in [-0.05, 0) is 24.3 Å². The number of hydrogen-bond donors (Lipinski definition) is 1. The summed E-state index contributed by atoms with van der Waals surface area (Å²) >= 11 is 3.36. The maximum atomic E-state index is 12.1. The quantitative estimate of drug-likeness (QED) is 0.820. The zero-order valence-electron chi connectivity index (χ0n) is 12.0. The monoisotopic (exact) mass is 361 g/mol. The fraction of sp³-hybridized carbons (Fsp3) is 0.235. The summed E-state index contributed by atoms with van der Waals surface area (Å²) in [7, 11) is 0. The Balaban J connectivity index is 1.54. The molecular weight excluding hydrogens is 346 g/mol. The van der Waals surface area contributed by atoms with Crippen molar-refractivity contribution in [2.75, 3.05) is 25.1 Å². The number of benzene rings is 2. The van der Waals surface area contributed by atoms with E-state index in [-0.39, 0.29) is 5.78 Å². The Morgan fingerprint density at radius 2 is 1.77 bits per heavy atom. The molecule has 0 radical (unpaired) electrons. The van der Waals surface area contributed by atoms with Crippen molar-refractivity contribution in [2.45, 2.75) is 6.42 Å². The third-order valence-electron chi connectivity index (χ3n) is 3.39. The maximum Gasteiger partial charge on any atom is 0.164 e. The Labute approximate surface area is 137 Å². The highest BCUT2D eigenvalue weighted by Crippen LogP contribution is 2.32. The summed E-state index contributed by atoms with van der Waals surface area (Å²) in [6.45, 7) is 1.73. The Bertz CT molecular complexity index is 670. The zero-order valence-corrected chi connectivity index (χ0v) is 13.6. The number of Topliss-reactive ketones (excluding diaryl/α,β-unsaturated/α-hetero) is 1. The molecule has 3 rings (SSSR count). The minimum Gasteiger partial charge on any atom is -0.486 e. The van der Waals surface area contributed by atoms with Crippen LogP contribution in [0.4, 0.5) is 5.69 Å². The van der Waals surface area contributed by atoms with Gasteiger partial charge in [-0.1, -0.05) is 28.1 Å².